The van der Waals surface area contributed by atoms with E-state index in [-0.39, 0.29) is 12.1 Å². The van der Waals surface area contributed by atoms with Crippen LogP contribution in [-0.2, 0) is 9.53 Å². The fourth-order valence-corrected chi connectivity index (χ4v) is 0.997. The molecule has 3 heteroatoms. The van der Waals surface area contributed by atoms with Crippen molar-refractivity contribution in [3.63, 3.8) is 0 Å². The summed E-state index contributed by atoms with van der Waals surface area (Å²) in [5.74, 6) is -0.323. The summed E-state index contributed by atoms with van der Waals surface area (Å²) in [6, 6.07) is 0. The van der Waals surface area contributed by atoms with Gasteiger partial charge in [-0.05, 0) is 6.42 Å². The second-order valence-corrected chi connectivity index (χ2v) is 2.31. The van der Waals surface area contributed by atoms with Crippen LogP contribution in [0.25, 0.3) is 0 Å². The van der Waals surface area contributed by atoms with Gasteiger partial charge in [0.2, 0.25) is 0 Å². The molecule has 0 heterocycles. The maximum Gasteiger partial charge on any atom is 0.333 e. The lowest BCUT2D eigenvalue weighted by molar-refractivity contribution is -0.136. The zero-order valence-electron chi connectivity index (χ0n) is 5.83. The third-order valence-corrected chi connectivity index (χ3v) is 1.54. The molecular formula is C7H10O3. The molecule has 0 aromatic carbocycles. The summed E-state index contributed by atoms with van der Waals surface area (Å²) in [5.41, 5.74) is 0.593. The summed E-state index contributed by atoms with van der Waals surface area (Å²) >= 11 is 0. The number of carbonyl (C=O) groups is 1. The number of esters is 1. The molecule has 0 aromatic rings. The Morgan fingerprint density at radius 1 is 1.90 bits per heavy atom. The molecule has 3 nitrogen and oxygen atoms in total. The highest BCUT2D eigenvalue weighted by Gasteiger charge is 2.19. The van der Waals surface area contributed by atoms with E-state index in [1.165, 1.54) is 7.11 Å². The van der Waals surface area contributed by atoms with Gasteiger partial charge in [-0.2, -0.15) is 0 Å². The Bertz CT molecular complexity index is 172. The number of carbonyl (C=O) groups excluding carboxylic acids is 1. The van der Waals surface area contributed by atoms with Gasteiger partial charge >= 0.3 is 5.97 Å². The smallest absolute Gasteiger partial charge is 0.333 e. The predicted octanol–water partition coefficient (Wildman–Crippen LogP) is 0.240. The van der Waals surface area contributed by atoms with E-state index in [4.69, 9.17) is 5.11 Å². The van der Waals surface area contributed by atoms with Crippen LogP contribution in [0.15, 0.2) is 11.6 Å². The molecule has 0 aliphatic heterocycles. The summed E-state index contributed by atoms with van der Waals surface area (Å²) in [6.07, 6.45) is 2.35. The van der Waals surface area contributed by atoms with Crippen LogP contribution >= 0.6 is 0 Å². The maximum absolute atomic E-state index is 10.8. The molecule has 56 valence electrons. The van der Waals surface area contributed by atoms with Crippen LogP contribution in [0.3, 0.4) is 0 Å². The Morgan fingerprint density at radius 2 is 2.60 bits per heavy atom. The molecule has 0 saturated carbocycles. The maximum atomic E-state index is 10.8. The van der Waals surface area contributed by atoms with Crippen molar-refractivity contribution in [2.24, 2.45) is 0 Å². The molecule has 1 N–H and O–H groups in total. The Kier molecular flexibility index (Phi) is 2.06. The van der Waals surface area contributed by atoms with Crippen LogP contribution in [0.4, 0.5) is 0 Å². The molecule has 0 aromatic heterocycles. The lowest BCUT2D eigenvalue weighted by Crippen LogP contribution is -2.06. The van der Waals surface area contributed by atoms with Gasteiger partial charge in [0.1, 0.15) is 0 Å². The van der Waals surface area contributed by atoms with Gasteiger partial charge in [-0.15, -0.1) is 0 Å². The van der Waals surface area contributed by atoms with E-state index in [0.29, 0.717) is 18.4 Å². The molecule has 10 heavy (non-hydrogen) atoms. The zero-order valence-corrected chi connectivity index (χ0v) is 5.83. The molecule has 0 saturated heterocycles. The molecule has 1 rings (SSSR count). The van der Waals surface area contributed by atoms with Crippen molar-refractivity contribution in [1.29, 1.82) is 0 Å². The van der Waals surface area contributed by atoms with E-state index in [9.17, 15) is 4.79 Å². The molecule has 0 fully saturated rings. The molecule has 1 aliphatic rings. The standard InChI is InChI=1S/C7H10O3/c1-10-7(9)5-2-3-6(8)4-5/h2,6,8H,3-4H2,1H3. The number of aliphatic hydroxyl groups excluding tert-OH is 1. The molecule has 0 amide bonds. The summed E-state index contributed by atoms with van der Waals surface area (Å²) in [6.45, 7) is 0. The highest BCUT2D eigenvalue weighted by atomic mass is 16.5. The number of rotatable bonds is 1. The van der Waals surface area contributed by atoms with Gasteiger partial charge in [0.15, 0.2) is 0 Å². The van der Waals surface area contributed by atoms with Gasteiger partial charge < -0.3 is 9.84 Å². The average molecular weight is 142 g/mol. The van der Waals surface area contributed by atoms with E-state index in [2.05, 4.69) is 4.74 Å². The average Bonchev–Trinajstić information content (AvgIpc) is 2.34. The van der Waals surface area contributed by atoms with Crippen molar-refractivity contribution >= 4 is 5.97 Å². The van der Waals surface area contributed by atoms with Crippen molar-refractivity contribution < 1.29 is 14.6 Å². The molecule has 1 atom stereocenters. The third-order valence-electron chi connectivity index (χ3n) is 1.54. The molecule has 0 bridgehead atoms. The number of aliphatic hydroxyl groups is 1. The Labute approximate surface area is 59.3 Å². The van der Waals surface area contributed by atoms with E-state index in [1.54, 1.807) is 6.08 Å². The monoisotopic (exact) mass is 142 g/mol. The number of hydrogen-bond donors (Lipinski definition) is 1. The van der Waals surface area contributed by atoms with Gasteiger partial charge in [0.05, 0.1) is 13.2 Å². The minimum Gasteiger partial charge on any atom is -0.466 e. The van der Waals surface area contributed by atoms with Crippen LogP contribution in [-0.4, -0.2) is 24.3 Å². The third kappa shape index (κ3) is 1.36. The lowest BCUT2D eigenvalue weighted by Gasteiger charge is -1.99. The quantitative estimate of drug-likeness (QED) is 0.533. The number of methoxy groups -OCH3 is 1. The molecule has 0 radical (unpaired) electrons. The fraction of sp³-hybridized carbons (Fsp3) is 0.571. The van der Waals surface area contributed by atoms with E-state index < -0.39 is 0 Å². The summed E-state index contributed by atoms with van der Waals surface area (Å²) < 4.78 is 4.46. The normalized spacial score (nSPS) is 24.2. The first-order valence-electron chi connectivity index (χ1n) is 3.19. The predicted molar refractivity (Wildman–Crippen MR) is 35.3 cm³/mol. The van der Waals surface area contributed by atoms with Gasteiger partial charge in [-0.3, -0.25) is 0 Å². The van der Waals surface area contributed by atoms with Crippen LogP contribution in [0.5, 0.6) is 0 Å². The van der Waals surface area contributed by atoms with Crippen molar-refractivity contribution in [2.75, 3.05) is 7.11 Å². The fourth-order valence-electron chi connectivity index (χ4n) is 0.997. The van der Waals surface area contributed by atoms with Gasteiger partial charge in [0.25, 0.3) is 0 Å². The first kappa shape index (κ1) is 7.28. The first-order valence-corrected chi connectivity index (χ1v) is 3.19. The summed E-state index contributed by atoms with van der Waals surface area (Å²) in [5, 5.41) is 8.98. The molecule has 1 aliphatic carbocycles. The highest BCUT2D eigenvalue weighted by molar-refractivity contribution is 5.88. The first-order chi connectivity index (χ1) is 4.74. The van der Waals surface area contributed by atoms with E-state index in [1.807, 2.05) is 0 Å². The second-order valence-electron chi connectivity index (χ2n) is 2.31. The van der Waals surface area contributed by atoms with Crippen molar-refractivity contribution in [2.45, 2.75) is 18.9 Å². The molecule has 0 spiro atoms. The van der Waals surface area contributed by atoms with Crippen molar-refractivity contribution in [1.82, 2.24) is 0 Å². The number of ether oxygens (including phenoxy) is 1. The Balaban J connectivity index is 2.51. The van der Waals surface area contributed by atoms with Gasteiger partial charge in [-0.25, -0.2) is 4.79 Å². The van der Waals surface area contributed by atoms with E-state index >= 15 is 0 Å². The minimum atomic E-state index is -0.380. The topological polar surface area (TPSA) is 46.5 Å². The van der Waals surface area contributed by atoms with Crippen LogP contribution in [0, 0.1) is 0 Å². The SMILES string of the molecule is COC(=O)C1=CCC(O)C1. The van der Waals surface area contributed by atoms with E-state index in [0.717, 1.165) is 0 Å². The molecular weight excluding hydrogens is 132 g/mol. The second kappa shape index (κ2) is 2.84. The van der Waals surface area contributed by atoms with Crippen molar-refractivity contribution in [3.05, 3.63) is 11.6 Å². The van der Waals surface area contributed by atoms with Gasteiger partial charge in [-0.1, -0.05) is 6.08 Å². The van der Waals surface area contributed by atoms with Crippen LogP contribution in [0.2, 0.25) is 0 Å². The highest BCUT2D eigenvalue weighted by Crippen LogP contribution is 2.18. The molecule has 1 unspecified atom stereocenters. The Hall–Kier alpha value is -0.830. The lowest BCUT2D eigenvalue weighted by atomic mass is 10.2. The zero-order chi connectivity index (χ0) is 7.56. The summed E-state index contributed by atoms with van der Waals surface area (Å²) in [7, 11) is 1.34. The Morgan fingerprint density at radius 3 is 3.00 bits per heavy atom. The largest absolute Gasteiger partial charge is 0.466 e. The van der Waals surface area contributed by atoms with Crippen molar-refractivity contribution in [3.8, 4) is 0 Å². The minimum absolute atomic E-state index is 0.323. The number of hydrogen-bond acceptors (Lipinski definition) is 3. The van der Waals surface area contributed by atoms with Gasteiger partial charge in [0, 0.05) is 12.0 Å². The van der Waals surface area contributed by atoms with Crippen LogP contribution in [0.1, 0.15) is 12.8 Å². The summed E-state index contributed by atoms with van der Waals surface area (Å²) in [4.78, 5) is 10.8. The van der Waals surface area contributed by atoms with Crippen LogP contribution < -0.4 is 0 Å².